The smallest absolute Gasteiger partial charge is 0.411 e. The summed E-state index contributed by atoms with van der Waals surface area (Å²) in [7, 11) is 0. The molecule has 114 valence electrons. The molecule has 1 aliphatic carbocycles. The molecule has 8 heteroatoms. The van der Waals surface area contributed by atoms with Gasteiger partial charge in [0.05, 0.1) is 0 Å². The van der Waals surface area contributed by atoms with Gasteiger partial charge in [-0.25, -0.2) is 9.59 Å². The van der Waals surface area contributed by atoms with Gasteiger partial charge in [-0.15, -0.1) is 0 Å². The Labute approximate surface area is 118 Å². The standard InChI is InChI=1S/C13H13F3N2O3/c14-13(15,16)12(6-7-12)18-11(21)17-9(10(19)20)8-4-2-1-3-5-8/h1-5,9H,6-7H2,(H,19,20)(H2,17,18,21)/t9-/m1/s1. The van der Waals surface area contributed by atoms with Crippen LogP contribution >= 0.6 is 0 Å². The SMILES string of the molecule is O=C(N[C@@H](C(=O)O)c1ccccc1)NC1(C(F)(F)F)CC1. The fraction of sp³-hybridized carbons (Fsp3) is 0.385. The molecule has 0 aromatic heterocycles. The first-order chi connectivity index (χ1) is 9.75. The highest BCUT2D eigenvalue weighted by molar-refractivity contribution is 5.84. The molecule has 1 aliphatic rings. The van der Waals surface area contributed by atoms with Crippen LogP contribution in [0.3, 0.4) is 0 Å². The number of carbonyl (C=O) groups is 2. The van der Waals surface area contributed by atoms with Gasteiger partial charge in [-0.3, -0.25) is 0 Å². The zero-order valence-electron chi connectivity index (χ0n) is 10.8. The Kier molecular flexibility index (Phi) is 3.80. The van der Waals surface area contributed by atoms with E-state index in [1.165, 1.54) is 12.1 Å². The molecule has 1 aromatic rings. The van der Waals surface area contributed by atoms with Crippen LogP contribution in [0, 0.1) is 0 Å². The van der Waals surface area contributed by atoms with Crippen molar-refractivity contribution in [1.29, 1.82) is 0 Å². The molecular formula is C13H13F3N2O3. The van der Waals surface area contributed by atoms with Crippen molar-refractivity contribution in [1.82, 2.24) is 10.6 Å². The number of aliphatic carboxylic acids is 1. The van der Waals surface area contributed by atoms with Crippen molar-refractivity contribution in [2.75, 3.05) is 0 Å². The Morgan fingerprint density at radius 1 is 1.19 bits per heavy atom. The molecule has 3 N–H and O–H groups in total. The summed E-state index contributed by atoms with van der Waals surface area (Å²) in [6.07, 6.45) is -4.95. The van der Waals surface area contributed by atoms with Gasteiger partial charge in [0.1, 0.15) is 5.54 Å². The maximum absolute atomic E-state index is 12.7. The van der Waals surface area contributed by atoms with E-state index >= 15 is 0 Å². The summed E-state index contributed by atoms with van der Waals surface area (Å²) in [6.45, 7) is 0. The van der Waals surface area contributed by atoms with Crippen LogP contribution in [-0.4, -0.2) is 28.8 Å². The summed E-state index contributed by atoms with van der Waals surface area (Å²) in [6, 6.07) is 5.18. The number of benzene rings is 1. The lowest BCUT2D eigenvalue weighted by Crippen LogP contribution is -2.52. The molecular weight excluding hydrogens is 289 g/mol. The molecule has 0 bridgehead atoms. The Morgan fingerprint density at radius 3 is 2.19 bits per heavy atom. The summed E-state index contributed by atoms with van der Waals surface area (Å²) >= 11 is 0. The fourth-order valence-corrected chi connectivity index (χ4v) is 1.92. The van der Waals surface area contributed by atoms with Crippen molar-refractivity contribution in [3.63, 3.8) is 0 Å². The van der Waals surface area contributed by atoms with E-state index in [2.05, 4.69) is 5.32 Å². The maximum Gasteiger partial charge on any atom is 0.411 e. The van der Waals surface area contributed by atoms with Gasteiger partial charge in [0.25, 0.3) is 0 Å². The van der Waals surface area contributed by atoms with Crippen molar-refractivity contribution in [2.24, 2.45) is 0 Å². The van der Waals surface area contributed by atoms with Crippen LogP contribution in [0.15, 0.2) is 30.3 Å². The first-order valence-electron chi connectivity index (χ1n) is 6.18. The van der Waals surface area contributed by atoms with Gasteiger partial charge < -0.3 is 15.7 Å². The van der Waals surface area contributed by atoms with Gasteiger partial charge in [-0.05, 0) is 18.4 Å². The zero-order valence-corrected chi connectivity index (χ0v) is 10.8. The third kappa shape index (κ3) is 3.26. The lowest BCUT2D eigenvalue weighted by Gasteiger charge is -2.22. The molecule has 0 spiro atoms. The van der Waals surface area contributed by atoms with Gasteiger partial charge in [-0.2, -0.15) is 13.2 Å². The Bertz CT molecular complexity index is 541. The molecule has 2 amide bonds. The van der Waals surface area contributed by atoms with Crippen LogP contribution in [0.4, 0.5) is 18.0 Å². The van der Waals surface area contributed by atoms with Crippen molar-refractivity contribution >= 4 is 12.0 Å². The van der Waals surface area contributed by atoms with E-state index in [0.717, 1.165) is 0 Å². The number of rotatable bonds is 4. The highest BCUT2D eigenvalue weighted by atomic mass is 19.4. The number of carboxylic acid groups (broad SMARTS) is 1. The highest BCUT2D eigenvalue weighted by Crippen LogP contribution is 2.48. The number of carbonyl (C=O) groups excluding carboxylic acids is 1. The number of alkyl halides is 3. The van der Waals surface area contributed by atoms with Crippen LogP contribution in [-0.2, 0) is 4.79 Å². The minimum atomic E-state index is -4.55. The van der Waals surface area contributed by atoms with E-state index in [4.69, 9.17) is 5.11 Å². The maximum atomic E-state index is 12.7. The second kappa shape index (κ2) is 5.27. The molecule has 0 unspecified atom stereocenters. The average molecular weight is 302 g/mol. The summed E-state index contributed by atoms with van der Waals surface area (Å²) in [5, 5.41) is 13.0. The number of hydrogen-bond donors (Lipinski definition) is 3. The van der Waals surface area contributed by atoms with Gasteiger partial charge in [-0.1, -0.05) is 30.3 Å². The molecule has 2 rings (SSSR count). The molecule has 1 atom stereocenters. The molecule has 1 fully saturated rings. The minimum Gasteiger partial charge on any atom is -0.479 e. The lowest BCUT2D eigenvalue weighted by atomic mass is 10.1. The summed E-state index contributed by atoms with van der Waals surface area (Å²) in [5.74, 6) is -1.35. The summed E-state index contributed by atoms with van der Waals surface area (Å²) in [4.78, 5) is 22.8. The van der Waals surface area contributed by atoms with E-state index < -0.39 is 29.8 Å². The predicted molar refractivity (Wildman–Crippen MR) is 66.5 cm³/mol. The number of hydrogen-bond acceptors (Lipinski definition) is 2. The molecule has 0 saturated heterocycles. The lowest BCUT2D eigenvalue weighted by molar-refractivity contribution is -0.162. The van der Waals surface area contributed by atoms with E-state index in [-0.39, 0.29) is 18.4 Å². The first-order valence-corrected chi connectivity index (χ1v) is 6.18. The number of halogens is 3. The first kappa shape index (κ1) is 15.1. The van der Waals surface area contributed by atoms with Gasteiger partial charge >= 0.3 is 18.2 Å². The molecule has 1 saturated carbocycles. The fourth-order valence-electron chi connectivity index (χ4n) is 1.92. The number of nitrogens with one attached hydrogen (secondary N) is 2. The van der Waals surface area contributed by atoms with Gasteiger partial charge in [0.15, 0.2) is 6.04 Å². The largest absolute Gasteiger partial charge is 0.479 e. The Balaban J connectivity index is 2.05. The van der Waals surface area contributed by atoms with E-state index in [9.17, 15) is 22.8 Å². The molecule has 21 heavy (non-hydrogen) atoms. The number of carboxylic acids is 1. The third-order valence-electron chi connectivity index (χ3n) is 3.30. The number of amides is 2. The van der Waals surface area contributed by atoms with E-state index in [0.29, 0.717) is 0 Å². The third-order valence-corrected chi connectivity index (χ3v) is 3.30. The summed E-state index contributed by atoms with van der Waals surface area (Å²) < 4.78 is 38.1. The normalized spacial score (nSPS) is 17.7. The van der Waals surface area contributed by atoms with Crippen molar-refractivity contribution < 1.29 is 27.9 Å². The van der Waals surface area contributed by atoms with Crippen LogP contribution in [0.25, 0.3) is 0 Å². The topological polar surface area (TPSA) is 78.4 Å². The van der Waals surface area contributed by atoms with Gasteiger partial charge in [0.2, 0.25) is 0 Å². The number of urea groups is 1. The second-order valence-electron chi connectivity index (χ2n) is 4.86. The van der Waals surface area contributed by atoms with E-state index in [1.54, 1.807) is 18.2 Å². The van der Waals surface area contributed by atoms with Crippen molar-refractivity contribution in [2.45, 2.75) is 30.6 Å². The quantitative estimate of drug-likeness (QED) is 0.798. The second-order valence-corrected chi connectivity index (χ2v) is 4.86. The van der Waals surface area contributed by atoms with E-state index in [1.807, 2.05) is 5.32 Å². The molecule has 0 heterocycles. The summed E-state index contributed by atoms with van der Waals surface area (Å²) in [5.41, 5.74) is -1.95. The van der Waals surface area contributed by atoms with Crippen molar-refractivity contribution in [3.8, 4) is 0 Å². The van der Waals surface area contributed by atoms with Crippen LogP contribution < -0.4 is 10.6 Å². The average Bonchev–Trinajstić information content (AvgIpc) is 3.17. The minimum absolute atomic E-state index is 0.201. The Morgan fingerprint density at radius 2 is 1.76 bits per heavy atom. The molecule has 0 radical (unpaired) electrons. The monoisotopic (exact) mass is 302 g/mol. The van der Waals surface area contributed by atoms with Crippen LogP contribution in [0.2, 0.25) is 0 Å². The van der Waals surface area contributed by atoms with Gasteiger partial charge in [0, 0.05) is 0 Å². The highest BCUT2D eigenvalue weighted by Gasteiger charge is 2.64. The molecule has 5 nitrogen and oxygen atoms in total. The predicted octanol–water partition coefficient (Wildman–Crippen LogP) is 2.21. The van der Waals surface area contributed by atoms with Crippen LogP contribution in [0.5, 0.6) is 0 Å². The Hall–Kier alpha value is -2.25. The van der Waals surface area contributed by atoms with Crippen LogP contribution in [0.1, 0.15) is 24.4 Å². The zero-order chi connectivity index (χ0) is 15.7. The molecule has 1 aromatic carbocycles. The molecule has 0 aliphatic heterocycles. The van der Waals surface area contributed by atoms with Crippen molar-refractivity contribution in [3.05, 3.63) is 35.9 Å².